The molecule has 8 unspecified atom stereocenters. The molecule has 3 saturated heterocycles. The number of aliphatic hydroxyl groups excluding tert-OH is 18. The third-order valence-electron chi connectivity index (χ3n) is 19.7. The first kappa shape index (κ1) is 99.0. The lowest BCUT2D eigenvalue weighted by Gasteiger charge is -2.48. The number of ketones is 1. The maximum absolute atomic E-state index is 14.8. The van der Waals surface area contributed by atoms with E-state index in [0.29, 0.717) is 12.8 Å². The maximum atomic E-state index is 14.8. The SMILES string of the molecule is CCCCCCCCCCCCC/C=C/[C@H](O)[C@@H](CO[C@@H]1OC(CO)[C@@H](O[C@H](O)/C(O)=C(\O[C@]2(C(=O)C(C)C)CC(O)[C@@H](NC(C)=O)C([C@H](O)[C@H](O)CO)O2)[C@H](CCO)O[C@H](O)/C(NC(C)=O)=C(\O[C@@H]2OC(CO)[C@H](O)C(O)C2O)[C@@H](O)CCO)C(O)C1O)NC(=O)CCCCCCCCCCCCCCCCC. The van der Waals surface area contributed by atoms with Crippen molar-refractivity contribution in [3.63, 3.8) is 0 Å². The fourth-order valence-electron chi connectivity index (χ4n) is 13.4. The van der Waals surface area contributed by atoms with Gasteiger partial charge >= 0.3 is 0 Å². The summed E-state index contributed by atoms with van der Waals surface area (Å²) < 4.78 is 47.2. The van der Waals surface area contributed by atoms with Gasteiger partial charge in [0.25, 0.3) is 5.79 Å². The number of carbonyl (C=O) groups excluding carboxylic acids is 4. The second kappa shape index (κ2) is 54.5. The van der Waals surface area contributed by atoms with E-state index in [1.165, 1.54) is 123 Å². The smallest absolute Gasteiger partial charge is 0.273 e. The molecule has 0 bridgehead atoms. The molecule has 3 heterocycles. The first-order chi connectivity index (χ1) is 52.0. The molecule has 3 fully saturated rings. The van der Waals surface area contributed by atoms with Crippen LogP contribution in [0.4, 0.5) is 0 Å². The lowest BCUT2D eigenvalue weighted by atomic mass is 9.85. The van der Waals surface area contributed by atoms with Crippen LogP contribution < -0.4 is 16.0 Å². The van der Waals surface area contributed by atoms with Gasteiger partial charge in [0.2, 0.25) is 42.4 Å². The summed E-state index contributed by atoms with van der Waals surface area (Å²) in [4.78, 5) is 54.0. The van der Waals surface area contributed by atoms with E-state index in [4.69, 9.17) is 37.9 Å². The molecule has 0 spiro atoms. The average molecular weight is 1570 g/mol. The molecule has 0 radical (unpaired) electrons. The Balaban J connectivity index is 2.09. The molecule has 3 rings (SSSR count). The number of carbonyl (C=O) groups is 4. The number of rotatable bonds is 59. The van der Waals surface area contributed by atoms with Crippen LogP contribution in [-0.2, 0) is 57.1 Å². The third kappa shape index (κ3) is 34.0. The van der Waals surface area contributed by atoms with Gasteiger partial charge in [-0.25, -0.2) is 0 Å². The lowest BCUT2D eigenvalue weighted by Crippen LogP contribution is -2.68. The molecule has 3 aliphatic heterocycles. The number of hydrogen-bond acceptors (Lipinski definition) is 30. The van der Waals surface area contributed by atoms with Crippen molar-refractivity contribution in [2.45, 2.75) is 375 Å². The maximum Gasteiger partial charge on any atom is 0.273 e. The second-order valence-electron chi connectivity index (χ2n) is 29.3. The van der Waals surface area contributed by atoms with Gasteiger partial charge in [-0.05, 0) is 19.3 Å². The number of Topliss-reactive ketones (excluding diaryl/α,β-unsaturated/α-hetero) is 1. The predicted octanol–water partition coefficient (Wildman–Crippen LogP) is 1.58. The fraction of sp³-hybridized carbons (Fsp3) is 0.868. The van der Waals surface area contributed by atoms with E-state index in [2.05, 4.69) is 29.8 Å². The van der Waals surface area contributed by atoms with Gasteiger partial charge in [0, 0.05) is 58.7 Å². The lowest BCUT2D eigenvalue weighted by molar-refractivity contribution is -0.324. The van der Waals surface area contributed by atoms with Crippen LogP contribution in [0.2, 0.25) is 0 Å². The van der Waals surface area contributed by atoms with Crippen LogP contribution in [0.25, 0.3) is 0 Å². The Hall–Kier alpha value is -4.22. The zero-order valence-corrected chi connectivity index (χ0v) is 65.0. The summed E-state index contributed by atoms with van der Waals surface area (Å²) >= 11 is 0. The van der Waals surface area contributed by atoms with E-state index in [-0.39, 0.29) is 6.42 Å². The largest absolute Gasteiger partial charge is 0.505 e. The zero-order chi connectivity index (χ0) is 81.2. The van der Waals surface area contributed by atoms with Crippen molar-refractivity contribution in [1.82, 2.24) is 16.0 Å². The summed E-state index contributed by atoms with van der Waals surface area (Å²) in [5.74, 6) is -12.0. The molecule has 636 valence electrons. The number of hydrogen-bond donors (Lipinski definition) is 21. The van der Waals surface area contributed by atoms with Crippen molar-refractivity contribution < 1.29 is 149 Å². The molecule has 22 atom stereocenters. The van der Waals surface area contributed by atoms with Crippen molar-refractivity contribution in [2.75, 3.05) is 39.6 Å². The van der Waals surface area contributed by atoms with Gasteiger partial charge in [0.1, 0.15) is 85.0 Å². The molecular weight excluding hydrogens is 1430 g/mol. The minimum atomic E-state index is -3.14. The van der Waals surface area contributed by atoms with Gasteiger partial charge in [-0.2, -0.15) is 0 Å². The van der Waals surface area contributed by atoms with Crippen LogP contribution in [0.5, 0.6) is 0 Å². The van der Waals surface area contributed by atoms with Crippen LogP contribution in [0.1, 0.15) is 241 Å². The average Bonchev–Trinajstić information content (AvgIpc) is 0.759. The number of ether oxygens (including phenoxy) is 8. The van der Waals surface area contributed by atoms with E-state index < -0.39 is 246 Å². The van der Waals surface area contributed by atoms with Gasteiger partial charge in [-0.3, -0.25) is 19.2 Å². The Bertz CT molecular complexity index is 2610. The Morgan fingerprint density at radius 2 is 1.11 bits per heavy atom. The van der Waals surface area contributed by atoms with Crippen molar-refractivity contribution in [2.24, 2.45) is 5.92 Å². The number of aliphatic hydroxyl groups is 18. The summed E-state index contributed by atoms with van der Waals surface area (Å²) in [5, 5.41) is 208. The van der Waals surface area contributed by atoms with Crippen LogP contribution in [0.3, 0.4) is 0 Å². The molecule has 0 saturated carbocycles. The number of nitrogens with one attached hydrogen (secondary N) is 3. The summed E-state index contributed by atoms with van der Waals surface area (Å²) in [6, 6.07) is -2.89. The summed E-state index contributed by atoms with van der Waals surface area (Å²) in [5.41, 5.74) is -1.05. The highest BCUT2D eigenvalue weighted by atomic mass is 16.7. The molecule has 0 aromatic heterocycles. The molecule has 33 nitrogen and oxygen atoms in total. The predicted molar refractivity (Wildman–Crippen MR) is 394 cm³/mol. The van der Waals surface area contributed by atoms with Crippen LogP contribution in [-0.4, -0.2) is 290 Å². The summed E-state index contributed by atoms with van der Waals surface area (Å²) in [7, 11) is 0. The molecule has 0 aromatic carbocycles. The number of allylic oxidation sites excluding steroid dienone is 1. The Kier molecular flexibility index (Phi) is 49.5. The van der Waals surface area contributed by atoms with E-state index in [0.717, 1.165) is 71.6 Å². The van der Waals surface area contributed by atoms with Gasteiger partial charge in [-0.15, -0.1) is 0 Å². The molecule has 0 aromatic rings. The van der Waals surface area contributed by atoms with Gasteiger partial charge in [0.05, 0.1) is 50.7 Å². The Labute approximate surface area is 642 Å². The van der Waals surface area contributed by atoms with E-state index in [9.17, 15) is 111 Å². The highest BCUT2D eigenvalue weighted by Crippen LogP contribution is 2.41. The summed E-state index contributed by atoms with van der Waals surface area (Å²) in [6.45, 7) is 3.06. The van der Waals surface area contributed by atoms with Crippen LogP contribution in [0, 0.1) is 5.92 Å². The van der Waals surface area contributed by atoms with E-state index >= 15 is 0 Å². The van der Waals surface area contributed by atoms with Crippen molar-refractivity contribution in [3.8, 4) is 0 Å². The first-order valence-corrected chi connectivity index (χ1v) is 39.7. The third-order valence-corrected chi connectivity index (χ3v) is 19.7. The topological polar surface area (TPSA) is 542 Å². The zero-order valence-electron chi connectivity index (χ0n) is 65.0. The minimum Gasteiger partial charge on any atom is -0.505 e. The standard InChI is InChI=1S/C76H137N3O30/c1-7-9-11-13-15-17-19-21-22-24-26-28-30-32-34-36-57(91)79-49(50(87)35-33-31-29-27-25-23-20-18-16-14-12-10-8-2)45-102-74-65(97)63(95)68(56(44-84)105-74)106-73(101)66(98)69(108-76(71(99)46(3)4)41-52(89)58(77-47(5)85)70(109-76)60(92)53(90)42-82)54(38-40-81)103-72(100)59(78-48(6)86)67(51(88)37-39-80)107-75-64(96)62(94)61(93)55(43-83)104-75/h33,35,46,49-56,58,60-65,68,70,72-75,80-84,87-90,92-98,100-101H,7-32,34,36-45H2,1-6H3,(H,77,85)(H,78,86)(H,79,91)/b35-33+,67-59+,69-66+/t49-,50+,51+,52?,53-,54+,55?,56?,58-,60-,61+,62?,63?,64?,65?,68-,70?,72+,73+,74-,75+,76-/m1/s1. The molecule has 0 aliphatic carbocycles. The Morgan fingerprint density at radius 3 is 1.61 bits per heavy atom. The van der Waals surface area contributed by atoms with Gasteiger partial charge < -0.3 is 146 Å². The van der Waals surface area contributed by atoms with Crippen LogP contribution >= 0.6 is 0 Å². The quantitative estimate of drug-likeness (QED) is 0.0178. The highest BCUT2D eigenvalue weighted by molar-refractivity contribution is 5.88. The molecule has 21 N–H and O–H groups in total. The fourth-order valence-corrected chi connectivity index (χ4v) is 13.4. The molecular formula is C76H137N3O30. The number of unbranched alkanes of at least 4 members (excludes halogenated alkanes) is 25. The normalized spacial score (nSPS) is 27.4. The van der Waals surface area contributed by atoms with Crippen LogP contribution in [0.15, 0.2) is 35.1 Å². The van der Waals surface area contributed by atoms with E-state index in [1.54, 1.807) is 6.08 Å². The van der Waals surface area contributed by atoms with Crippen molar-refractivity contribution in [3.05, 3.63) is 35.1 Å². The van der Waals surface area contributed by atoms with Crippen molar-refractivity contribution in [1.29, 1.82) is 0 Å². The first-order valence-electron chi connectivity index (χ1n) is 39.7. The molecule has 109 heavy (non-hydrogen) atoms. The van der Waals surface area contributed by atoms with Crippen molar-refractivity contribution >= 4 is 23.5 Å². The second-order valence-corrected chi connectivity index (χ2v) is 29.3. The number of amides is 3. The van der Waals surface area contributed by atoms with E-state index in [1.807, 2.05) is 0 Å². The monoisotopic (exact) mass is 1570 g/mol. The molecule has 33 heteroatoms. The molecule has 3 amide bonds. The van der Waals surface area contributed by atoms with Gasteiger partial charge in [-0.1, -0.05) is 194 Å². The highest BCUT2D eigenvalue weighted by Gasteiger charge is 2.58. The summed E-state index contributed by atoms with van der Waals surface area (Å²) in [6.07, 6.45) is -9.86. The molecule has 3 aliphatic rings. The Morgan fingerprint density at radius 1 is 0.596 bits per heavy atom. The minimum absolute atomic E-state index is 0.122. The van der Waals surface area contributed by atoms with Gasteiger partial charge in [0.15, 0.2) is 23.6 Å².